The van der Waals surface area contributed by atoms with Crippen molar-refractivity contribution in [3.8, 4) is 0 Å². The molecule has 0 fully saturated rings. The van der Waals surface area contributed by atoms with Crippen LogP contribution in [0.15, 0.2) is 18.2 Å². The summed E-state index contributed by atoms with van der Waals surface area (Å²) >= 11 is 10.1. The summed E-state index contributed by atoms with van der Waals surface area (Å²) < 4.78 is 12.6. The molecule has 0 saturated heterocycles. The smallest absolute Gasteiger partial charge is 0.168 e. The second-order valence-corrected chi connectivity index (χ2v) is 2.97. The zero-order valence-electron chi connectivity index (χ0n) is 5.97. The predicted molar refractivity (Wildman–Crippen MR) is 51.8 cm³/mol. The summed E-state index contributed by atoms with van der Waals surface area (Å²) in [6, 6.07) is 4.15. The topological polar surface area (TPSA) is 38.0 Å². The number of hydrogen-bond donors (Lipinski definition) is 2. The SMILES string of the molecule is NC(=S)Nc1ccc(F)c(Cl)c1. The second-order valence-electron chi connectivity index (χ2n) is 2.12. The van der Waals surface area contributed by atoms with Crippen LogP contribution in [-0.4, -0.2) is 5.11 Å². The maximum absolute atomic E-state index is 12.6. The molecule has 0 heterocycles. The van der Waals surface area contributed by atoms with E-state index in [4.69, 9.17) is 17.3 Å². The highest BCUT2D eigenvalue weighted by Crippen LogP contribution is 2.18. The number of nitrogens with one attached hydrogen (secondary N) is 1. The van der Waals surface area contributed by atoms with Crippen molar-refractivity contribution in [2.45, 2.75) is 0 Å². The summed E-state index contributed by atoms with van der Waals surface area (Å²) in [6.45, 7) is 0. The highest BCUT2D eigenvalue weighted by atomic mass is 35.5. The molecule has 0 amide bonds. The Bertz CT molecular complexity index is 316. The van der Waals surface area contributed by atoms with Gasteiger partial charge in [-0.2, -0.15) is 0 Å². The third kappa shape index (κ3) is 2.32. The lowest BCUT2D eigenvalue weighted by Crippen LogP contribution is -2.18. The summed E-state index contributed by atoms with van der Waals surface area (Å²) in [5, 5.41) is 2.79. The summed E-state index contributed by atoms with van der Waals surface area (Å²) in [6.07, 6.45) is 0. The molecule has 1 aromatic rings. The van der Waals surface area contributed by atoms with Gasteiger partial charge in [0.25, 0.3) is 0 Å². The molecule has 0 aliphatic heterocycles. The van der Waals surface area contributed by atoms with Crippen molar-refractivity contribution >= 4 is 34.6 Å². The standard InChI is InChI=1S/C7H6ClFN2S/c8-5-3-4(11-7(10)12)1-2-6(5)9/h1-3H,(H3,10,11,12). The highest BCUT2D eigenvalue weighted by Gasteiger charge is 2.00. The molecule has 0 aliphatic carbocycles. The summed E-state index contributed by atoms with van der Waals surface area (Å²) in [4.78, 5) is 0. The van der Waals surface area contributed by atoms with Crippen LogP contribution in [0.5, 0.6) is 0 Å². The number of benzene rings is 1. The predicted octanol–water partition coefficient (Wildman–Crippen LogP) is 2.13. The molecule has 1 rings (SSSR count). The first-order valence-corrected chi connectivity index (χ1v) is 3.90. The van der Waals surface area contributed by atoms with Gasteiger partial charge in [-0.3, -0.25) is 0 Å². The molecule has 1 aromatic carbocycles. The lowest BCUT2D eigenvalue weighted by molar-refractivity contribution is 0.628. The molecule has 0 unspecified atom stereocenters. The van der Waals surface area contributed by atoms with Crippen LogP contribution in [0.3, 0.4) is 0 Å². The van der Waals surface area contributed by atoms with Crippen molar-refractivity contribution in [2.24, 2.45) is 5.73 Å². The van der Waals surface area contributed by atoms with Crippen LogP contribution in [0.2, 0.25) is 5.02 Å². The van der Waals surface area contributed by atoms with Crippen molar-refractivity contribution < 1.29 is 4.39 Å². The molecule has 0 aliphatic rings. The summed E-state index contributed by atoms with van der Waals surface area (Å²) in [7, 11) is 0. The highest BCUT2D eigenvalue weighted by molar-refractivity contribution is 7.80. The number of anilines is 1. The maximum Gasteiger partial charge on any atom is 0.168 e. The molecule has 64 valence electrons. The number of halogens is 2. The van der Waals surface area contributed by atoms with Gasteiger partial charge < -0.3 is 11.1 Å². The fourth-order valence-corrected chi connectivity index (χ4v) is 1.01. The van der Waals surface area contributed by atoms with Gasteiger partial charge in [0.2, 0.25) is 0 Å². The molecule has 3 N–H and O–H groups in total. The van der Waals surface area contributed by atoms with Crippen LogP contribution in [-0.2, 0) is 0 Å². The molecule has 2 nitrogen and oxygen atoms in total. The molecule has 0 bridgehead atoms. The van der Waals surface area contributed by atoms with E-state index >= 15 is 0 Å². The second kappa shape index (κ2) is 3.69. The number of nitrogens with two attached hydrogens (primary N) is 1. The third-order valence-electron chi connectivity index (χ3n) is 1.19. The number of rotatable bonds is 1. The number of thiocarbonyl (C=S) groups is 1. The molecule has 0 aromatic heterocycles. The van der Waals surface area contributed by atoms with E-state index in [1.807, 2.05) is 0 Å². The largest absolute Gasteiger partial charge is 0.376 e. The van der Waals surface area contributed by atoms with Crippen LogP contribution in [0.1, 0.15) is 0 Å². The van der Waals surface area contributed by atoms with E-state index in [0.717, 1.165) is 0 Å². The first-order chi connectivity index (χ1) is 5.59. The summed E-state index contributed by atoms with van der Waals surface area (Å²) in [5.74, 6) is -0.467. The lowest BCUT2D eigenvalue weighted by atomic mass is 10.3. The van der Waals surface area contributed by atoms with Crippen LogP contribution in [0, 0.1) is 5.82 Å². The Balaban J connectivity index is 2.89. The Morgan fingerprint density at radius 3 is 2.75 bits per heavy atom. The number of hydrogen-bond acceptors (Lipinski definition) is 1. The monoisotopic (exact) mass is 204 g/mol. The van der Waals surface area contributed by atoms with Crippen molar-refractivity contribution in [1.82, 2.24) is 0 Å². The van der Waals surface area contributed by atoms with Crippen molar-refractivity contribution in [3.63, 3.8) is 0 Å². The van der Waals surface area contributed by atoms with E-state index in [-0.39, 0.29) is 10.1 Å². The van der Waals surface area contributed by atoms with Crippen LogP contribution in [0.25, 0.3) is 0 Å². The van der Waals surface area contributed by atoms with Gasteiger partial charge in [-0.05, 0) is 30.4 Å². The zero-order valence-corrected chi connectivity index (χ0v) is 7.55. The first kappa shape index (κ1) is 9.22. The Hall–Kier alpha value is -0.870. The Kier molecular flexibility index (Phi) is 2.83. The fourth-order valence-electron chi connectivity index (χ4n) is 0.716. The van der Waals surface area contributed by atoms with Crippen LogP contribution in [0.4, 0.5) is 10.1 Å². The molecule has 0 atom stereocenters. The van der Waals surface area contributed by atoms with E-state index in [9.17, 15) is 4.39 Å². The minimum atomic E-state index is -0.467. The zero-order chi connectivity index (χ0) is 9.14. The lowest BCUT2D eigenvalue weighted by Gasteiger charge is -2.03. The van der Waals surface area contributed by atoms with Crippen LogP contribution < -0.4 is 11.1 Å². The van der Waals surface area contributed by atoms with E-state index in [1.54, 1.807) is 0 Å². The van der Waals surface area contributed by atoms with Gasteiger partial charge in [0.1, 0.15) is 5.82 Å². The molecule has 0 spiro atoms. The van der Waals surface area contributed by atoms with Gasteiger partial charge in [0.15, 0.2) is 5.11 Å². The van der Waals surface area contributed by atoms with E-state index in [1.165, 1.54) is 18.2 Å². The average molecular weight is 205 g/mol. The average Bonchev–Trinajstić information content (AvgIpc) is 1.96. The normalized spacial score (nSPS) is 9.50. The molecule has 0 radical (unpaired) electrons. The van der Waals surface area contributed by atoms with Crippen molar-refractivity contribution in [1.29, 1.82) is 0 Å². The van der Waals surface area contributed by atoms with E-state index in [0.29, 0.717) is 5.69 Å². The first-order valence-electron chi connectivity index (χ1n) is 3.11. The third-order valence-corrected chi connectivity index (χ3v) is 1.58. The Morgan fingerprint density at radius 2 is 2.25 bits per heavy atom. The van der Waals surface area contributed by atoms with Gasteiger partial charge in [-0.1, -0.05) is 11.6 Å². The molecular formula is C7H6ClFN2S. The molecule has 12 heavy (non-hydrogen) atoms. The Labute approximate surface area is 79.5 Å². The van der Waals surface area contributed by atoms with Gasteiger partial charge in [0, 0.05) is 5.69 Å². The molecule has 5 heteroatoms. The van der Waals surface area contributed by atoms with Crippen LogP contribution >= 0.6 is 23.8 Å². The van der Waals surface area contributed by atoms with Gasteiger partial charge in [-0.15, -0.1) is 0 Å². The molecular weight excluding hydrogens is 199 g/mol. The minimum Gasteiger partial charge on any atom is -0.376 e. The van der Waals surface area contributed by atoms with E-state index < -0.39 is 5.82 Å². The summed E-state index contributed by atoms with van der Waals surface area (Å²) in [5.41, 5.74) is 5.77. The fraction of sp³-hybridized carbons (Fsp3) is 0. The van der Waals surface area contributed by atoms with Crippen molar-refractivity contribution in [3.05, 3.63) is 29.0 Å². The Morgan fingerprint density at radius 1 is 1.58 bits per heavy atom. The van der Waals surface area contributed by atoms with Crippen molar-refractivity contribution in [2.75, 3.05) is 5.32 Å². The quantitative estimate of drug-likeness (QED) is 0.689. The maximum atomic E-state index is 12.6. The molecule has 0 saturated carbocycles. The van der Waals surface area contributed by atoms with E-state index in [2.05, 4.69) is 17.5 Å². The van der Waals surface area contributed by atoms with Gasteiger partial charge in [-0.25, -0.2) is 4.39 Å². The van der Waals surface area contributed by atoms with Gasteiger partial charge in [0.05, 0.1) is 5.02 Å². The minimum absolute atomic E-state index is 0.0382. The van der Waals surface area contributed by atoms with Gasteiger partial charge >= 0.3 is 0 Å².